The number of rotatable bonds is 0. The Balaban J connectivity index is 0.000000187. The van der Waals surface area contributed by atoms with Gasteiger partial charge in [-0.15, -0.1) is 0 Å². The van der Waals surface area contributed by atoms with Crippen molar-refractivity contribution < 1.29 is 9.59 Å². The topological polar surface area (TPSA) is 47.0 Å². The molecule has 0 radical (unpaired) electrons. The minimum atomic E-state index is 0.250. The summed E-state index contributed by atoms with van der Waals surface area (Å²) in [6, 6.07) is 5.72. The Kier molecular flexibility index (Phi) is 5.46. The highest BCUT2D eigenvalue weighted by Crippen LogP contribution is 1.73. The maximum absolute atomic E-state index is 8.12. The van der Waals surface area contributed by atoms with Crippen LogP contribution in [0.1, 0.15) is 0 Å². The molecule has 0 saturated heterocycles. The lowest BCUT2D eigenvalue weighted by atomic mass is 10.5. The quantitative estimate of drug-likeness (QED) is 0.504. The van der Waals surface area contributed by atoms with Gasteiger partial charge in [-0.3, -0.25) is 4.98 Å². The summed E-state index contributed by atoms with van der Waals surface area (Å²) < 4.78 is 0. The standard InChI is InChI=1S/C5H5N.CO2/c1-2-4-6-5-3-1;2-1-3/h1-5H;. The zero-order valence-electron chi connectivity index (χ0n) is 4.65. The largest absolute Gasteiger partial charge is 0.373 e. The molecule has 0 amide bonds. The second-order valence-electron chi connectivity index (χ2n) is 1.11. The fraction of sp³-hybridized carbons (Fsp3) is 0. The van der Waals surface area contributed by atoms with Crippen LogP contribution in [0, 0.1) is 0 Å². The molecule has 0 aliphatic carbocycles. The van der Waals surface area contributed by atoms with Crippen molar-refractivity contribution in [3.8, 4) is 0 Å². The SMILES string of the molecule is O=C=O.c1ccncc1. The van der Waals surface area contributed by atoms with Crippen molar-refractivity contribution in [1.82, 2.24) is 4.98 Å². The van der Waals surface area contributed by atoms with Gasteiger partial charge in [0.1, 0.15) is 0 Å². The normalized spacial score (nSPS) is 6.22. The minimum Gasteiger partial charge on any atom is -0.265 e. The van der Waals surface area contributed by atoms with Gasteiger partial charge in [-0.1, -0.05) is 6.07 Å². The monoisotopic (exact) mass is 123 g/mol. The summed E-state index contributed by atoms with van der Waals surface area (Å²) >= 11 is 0. The molecule has 0 aliphatic heterocycles. The van der Waals surface area contributed by atoms with Crippen LogP contribution < -0.4 is 0 Å². The third-order valence-electron chi connectivity index (χ3n) is 0.566. The number of hydrogen-bond donors (Lipinski definition) is 0. The molecule has 0 unspecified atom stereocenters. The third-order valence-corrected chi connectivity index (χ3v) is 0.566. The summed E-state index contributed by atoms with van der Waals surface area (Å²) in [7, 11) is 0. The number of pyridine rings is 1. The van der Waals surface area contributed by atoms with Crippen LogP contribution in [0.5, 0.6) is 0 Å². The predicted molar refractivity (Wildman–Crippen MR) is 29.2 cm³/mol. The Labute approximate surface area is 52.3 Å². The molecule has 0 bridgehead atoms. The maximum atomic E-state index is 8.12. The van der Waals surface area contributed by atoms with Gasteiger partial charge in [-0.2, -0.15) is 9.59 Å². The first-order chi connectivity index (χ1) is 4.41. The average Bonchev–Trinajstić information content (AvgIpc) is 1.93. The van der Waals surface area contributed by atoms with E-state index in [4.69, 9.17) is 9.59 Å². The van der Waals surface area contributed by atoms with Crippen molar-refractivity contribution in [2.24, 2.45) is 0 Å². The van der Waals surface area contributed by atoms with Crippen LogP contribution in [-0.4, -0.2) is 11.1 Å². The summed E-state index contributed by atoms with van der Waals surface area (Å²) in [4.78, 5) is 20.0. The Bertz CT molecular complexity index is 141. The number of nitrogens with zero attached hydrogens (tertiary/aromatic N) is 1. The Morgan fingerprint density at radius 2 is 1.44 bits per heavy atom. The van der Waals surface area contributed by atoms with E-state index in [9.17, 15) is 0 Å². The molecule has 3 nitrogen and oxygen atoms in total. The molecule has 0 fully saturated rings. The number of aromatic nitrogens is 1. The molecule has 0 aromatic carbocycles. The highest BCUT2D eigenvalue weighted by molar-refractivity contribution is 5.20. The summed E-state index contributed by atoms with van der Waals surface area (Å²) in [5, 5.41) is 0. The van der Waals surface area contributed by atoms with Gasteiger partial charge in [0, 0.05) is 12.4 Å². The van der Waals surface area contributed by atoms with Crippen molar-refractivity contribution in [3.63, 3.8) is 0 Å². The molecule has 1 rings (SSSR count). The van der Waals surface area contributed by atoms with E-state index < -0.39 is 0 Å². The first-order valence-electron chi connectivity index (χ1n) is 2.26. The van der Waals surface area contributed by atoms with Crippen molar-refractivity contribution in [2.45, 2.75) is 0 Å². The first-order valence-corrected chi connectivity index (χ1v) is 2.26. The Morgan fingerprint density at radius 1 is 1.00 bits per heavy atom. The molecule has 1 heterocycles. The van der Waals surface area contributed by atoms with Gasteiger partial charge in [0.15, 0.2) is 0 Å². The van der Waals surface area contributed by atoms with Crippen molar-refractivity contribution >= 4 is 6.15 Å². The lowest BCUT2D eigenvalue weighted by Crippen LogP contribution is -1.58. The minimum absolute atomic E-state index is 0.250. The summed E-state index contributed by atoms with van der Waals surface area (Å²) in [6.07, 6.45) is 3.75. The fourth-order valence-electron chi connectivity index (χ4n) is 0.313. The van der Waals surface area contributed by atoms with Gasteiger partial charge >= 0.3 is 6.15 Å². The molecule has 0 saturated carbocycles. The second kappa shape index (κ2) is 6.53. The van der Waals surface area contributed by atoms with Gasteiger partial charge in [-0.25, -0.2) is 0 Å². The van der Waals surface area contributed by atoms with E-state index in [-0.39, 0.29) is 6.15 Å². The number of carbonyl (C=O) groups excluding carboxylic acids is 2. The van der Waals surface area contributed by atoms with Gasteiger partial charge in [0.2, 0.25) is 0 Å². The Hall–Kier alpha value is -1.47. The van der Waals surface area contributed by atoms with Gasteiger partial charge in [-0.05, 0) is 12.1 Å². The van der Waals surface area contributed by atoms with E-state index in [1.807, 2.05) is 18.2 Å². The molecule has 0 aliphatic rings. The molecular formula is C6H5NO2. The summed E-state index contributed by atoms with van der Waals surface area (Å²) in [6.45, 7) is 0. The van der Waals surface area contributed by atoms with Crippen LogP contribution in [-0.2, 0) is 9.59 Å². The lowest BCUT2D eigenvalue weighted by molar-refractivity contribution is -0.191. The summed E-state index contributed by atoms with van der Waals surface area (Å²) in [5.74, 6) is 0. The van der Waals surface area contributed by atoms with E-state index >= 15 is 0 Å². The molecule has 46 valence electrons. The van der Waals surface area contributed by atoms with Crippen LogP contribution >= 0.6 is 0 Å². The van der Waals surface area contributed by atoms with E-state index in [1.54, 1.807) is 12.4 Å². The number of hydrogen-bond acceptors (Lipinski definition) is 3. The molecule has 3 heteroatoms. The van der Waals surface area contributed by atoms with Crippen LogP contribution in [0.4, 0.5) is 0 Å². The van der Waals surface area contributed by atoms with Crippen molar-refractivity contribution in [2.75, 3.05) is 0 Å². The van der Waals surface area contributed by atoms with Crippen LogP contribution in [0.25, 0.3) is 0 Å². The van der Waals surface area contributed by atoms with Gasteiger partial charge in [0.25, 0.3) is 0 Å². The highest BCUT2D eigenvalue weighted by atomic mass is 16.2. The summed E-state index contributed by atoms with van der Waals surface area (Å²) in [5.41, 5.74) is 0. The van der Waals surface area contributed by atoms with Crippen LogP contribution in [0.2, 0.25) is 0 Å². The highest BCUT2D eigenvalue weighted by Gasteiger charge is 1.58. The zero-order valence-corrected chi connectivity index (χ0v) is 4.65. The van der Waals surface area contributed by atoms with Crippen LogP contribution in [0.15, 0.2) is 30.6 Å². The molecule has 0 atom stereocenters. The second-order valence-corrected chi connectivity index (χ2v) is 1.11. The van der Waals surface area contributed by atoms with E-state index in [0.717, 1.165) is 0 Å². The van der Waals surface area contributed by atoms with Crippen LogP contribution in [0.3, 0.4) is 0 Å². The molecule has 1 aromatic rings. The molecule has 9 heavy (non-hydrogen) atoms. The average molecular weight is 123 g/mol. The Morgan fingerprint density at radius 3 is 1.56 bits per heavy atom. The maximum Gasteiger partial charge on any atom is 0.373 e. The molecule has 0 spiro atoms. The predicted octanol–water partition coefficient (Wildman–Crippen LogP) is 0.498. The van der Waals surface area contributed by atoms with E-state index in [1.165, 1.54) is 0 Å². The van der Waals surface area contributed by atoms with Crippen molar-refractivity contribution in [1.29, 1.82) is 0 Å². The molecule has 1 aromatic heterocycles. The molecular weight excluding hydrogens is 118 g/mol. The molecule has 0 N–H and O–H groups in total. The zero-order chi connectivity index (χ0) is 6.95. The third kappa shape index (κ3) is 6.53. The van der Waals surface area contributed by atoms with Gasteiger partial charge in [0.05, 0.1) is 0 Å². The lowest BCUT2D eigenvalue weighted by Gasteiger charge is -1.70. The fourth-order valence-corrected chi connectivity index (χ4v) is 0.313. The van der Waals surface area contributed by atoms with E-state index in [0.29, 0.717) is 0 Å². The first kappa shape index (κ1) is 7.53. The van der Waals surface area contributed by atoms with Crippen molar-refractivity contribution in [3.05, 3.63) is 30.6 Å². The smallest absolute Gasteiger partial charge is 0.265 e. The van der Waals surface area contributed by atoms with E-state index in [2.05, 4.69) is 4.98 Å². The van der Waals surface area contributed by atoms with Gasteiger partial charge < -0.3 is 0 Å².